The van der Waals surface area contributed by atoms with Gasteiger partial charge in [0.05, 0.1) is 0 Å². The number of halogens is 1. The minimum atomic E-state index is -3.52. The molecule has 0 radical (unpaired) electrons. The molecular formula is C16H17FN2O3S2. The minimum absolute atomic E-state index is 0.208. The molecule has 0 aliphatic carbocycles. The van der Waals surface area contributed by atoms with Crippen LogP contribution in [0.3, 0.4) is 0 Å². The molecule has 1 aliphatic rings. The van der Waals surface area contributed by atoms with Crippen LogP contribution in [-0.2, 0) is 10.0 Å². The molecule has 3 rings (SSSR count). The molecule has 2 heterocycles. The Morgan fingerprint density at radius 3 is 2.88 bits per heavy atom. The molecule has 0 bridgehead atoms. The fourth-order valence-corrected chi connectivity index (χ4v) is 5.61. The molecule has 2 aromatic rings. The molecule has 0 spiro atoms. The van der Waals surface area contributed by atoms with Crippen LogP contribution in [0, 0.1) is 5.82 Å². The van der Waals surface area contributed by atoms with Crippen LogP contribution >= 0.6 is 11.3 Å². The average molecular weight is 368 g/mol. The lowest BCUT2D eigenvalue weighted by atomic mass is 10.2. The Morgan fingerprint density at radius 2 is 2.17 bits per heavy atom. The number of hydrogen-bond acceptors (Lipinski definition) is 4. The maximum absolute atomic E-state index is 13.2. The van der Waals surface area contributed by atoms with Crippen LogP contribution in [0.4, 0.5) is 4.39 Å². The molecule has 1 fully saturated rings. The summed E-state index contributed by atoms with van der Waals surface area (Å²) in [7, 11) is -3.52. The third kappa shape index (κ3) is 3.50. The molecule has 0 saturated carbocycles. The van der Waals surface area contributed by atoms with Crippen LogP contribution in [0.15, 0.2) is 46.0 Å². The molecule has 1 atom stereocenters. The summed E-state index contributed by atoms with van der Waals surface area (Å²) in [5.74, 6) is -0.889. The summed E-state index contributed by atoms with van der Waals surface area (Å²) in [6.45, 7) is 0.653. The minimum Gasteiger partial charge on any atom is -0.350 e. The molecule has 1 saturated heterocycles. The first-order valence-electron chi connectivity index (χ1n) is 7.57. The van der Waals surface area contributed by atoms with Crippen molar-refractivity contribution >= 4 is 27.3 Å². The Bertz CT molecular complexity index is 822. The highest BCUT2D eigenvalue weighted by Gasteiger charge is 2.35. The zero-order chi connectivity index (χ0) is 17.2. The van der Waals surface area contributed by atoms with Crippen LogP contribution in [0.1, 0.15) is 23.2 Å². The van der Waals surface area contributed by atoms with E-state index in [1.807, 2.05) is 0 Å². The van der Waals surface area contributed by atoms with Crippen molar-refractivity contribution in [2.24, 2.45) is 0 Å². The summed E-state index contributed by atoms with van der Waals surface area (Å²) in [5, 5.41) is 4.43. The van der Waals surface area contributed by atoms with Gasteiger partial charge in [-0.2, -0.15) is 4.31 Å². The Morgan fingerprint density at radius 1 is 1.33 bits per heavy atom. The Kier molecular flexibility index (Phi) is 4.98. The highest BCUT2D eigenvalue weighted by Crippen LogP contribution is 2.28. The van der Waals surface area contributed by atoms with Gasteiger partial charge in [-0.3, -0.25) is 4.79 Å². The Hall–Kier alpha value is -1.77. The molecule has 1 aromatic heterocycles. The second-order valence-corrected chi connectivity index (χ2v) is 8.63. The Balaban J connectivity index is 1.68. The third-order valence-electron chi connectivity index (χ3n) is 3.97. The maximum Gasteiger partial charge on any atom is 0.252 e. The van der Waals surface area contributed by atoms with Crippen LogP contribution in [-0.4, -0.2) is 37.8 Å². The number of benzene rings is 1. The van der Waals surface area contributed by atoms with Crippen molar-refractivity contribution in [1.82, 2.24) is 9.62 Å². The van der Waals surface area contributed by atoms with E-state index in [0.717, 1.165) is 12.5 Å². The quantitative estimate of drug-likeness (QED) is 0.882. The predicted molar refractivity (Wildman–Crippen MR) is 90.0 cm³/mol. The molecular weight excluding hydrogens is 351 g/mol. The van der Waals surface area contributed by atoms with Gasteiger partial charge in [-0.15, -0.1) is 11.3 Å². The van der Waals surface area contributed by atoms with E-state index < -0.39 is 21.7 Å². The monoisotopic (exact) mass is 368 g/mol. The normalized spacial score (nSPS) is 18.6. The molecule has 24 heavy (non-hydrogen) atoms. The smallest absolute Gasteiger partial charge is 0.252 e. The zero-order valence-electron chi connectivity index (χ0n) is 12.8. The molecule has 1 N–H and O–H groups in total. The number of hydrogen-bond donors (Lipinski definition) is 1. The number of nitrogens with one attached hydrogen (secondary N) is 1. The lowest BCUT2D eigenvalue weighted by molar-refractivity contribution is 0.0946. The van der Waals surface area contributed by atoms with Crippen molar-refractivity contribution in [3.8, 4) is 0 Å². The summed E-state index contributed by atoms with van der Waals surface area (Å²) in [5.41, 5.74) is 0.223. The van der Waals surface area contributed by atoms with Gasteiger partial charge >= 0.3 is 0 Å². The maximum atomic E-state index is 13.2. The van der Waals surface area contributed by atoms with E-state index in [4.69, 9.17) is 0 Å². The lowest BCUT2D eigenvalue weighted by Crippen LogP contribution is -2.42. The summed E-state index contributed by atoms with van der Waals surface area (Å²) >= 11 is 1.18. The van der Waals surface area contributed by atoms with Crippen LogP contribution < -0.4 is 5.32 Å². The van der Waals surface area contributed by atoms with Gasteiger partial charge in [-0.25, -0.2) is 12.8 Å². The molecule has 1 amide bonds. The van der Waals surface area contributed by atoms with E-state index in [9.17, 15) is 17.6 Å². The van der Waals surface area contributed by atoms with Crippen molar-refractivity contribution in [2.45, 2.75) is 23.1 Å². The van der Waals surface area contributed by atoms with Gasteiger partial charge in [-0.1, -0.05) is 12.1 Å². The van der Waals surface area contributed by atoms with E-state index in [1.54, 1.807) is 17.5 Å². The predicted octanol–water partition coefficient (Wildman–Crippen LogP) is 2.47. The van der Waals surface area contributed by atoms with Crippen LogP contribution in [0.2, 0.25) is 0 Å². The van der Waals surface area contributed by atoms with Crippen molar-refractivity contribution in [2.75, 3.05) is 13.1 Å². The van der Waals surface area contributed by atoms with Gasteiger partial charge in [0.15, 0.2) is 0 Å². The van der Waals surface area contributed by atoms with Gasteiger partial charge < -0.3 is 5.32 Å². The van der Waals surface area contributed by atoms with Crippen molar-refractivity contribution in [1.29, 1.82) is 0 Å². The van der Waals surface area contributed by atoms with E-state index in [0.29, 0.717) is 17.2 Å². The van der Waals surface area contributed by atoms with Crippen LogP contribution in [0.25, 0.3) is 0 Å². The molecule has 128 valence electrons. The average Bonchev–Trinajstić information content (AvgIpc) is 3.24. The largest absolute Gasteiger partial charge is 0.350 e. The number of rotatable bonds is 5. The van der Waals surface area contributed by atoms with E-state index in [-0.39, 0.29) is 18.2 Å². The number of nitrogens with zero attached hydrogens (tertiary/aromatic N) is 1. The molecule has 5 nitrogen and oxygen atoms in total. The van der Waals surface area contributed by atoms with E-state index in [1.165, 1.54) is 33.8 Å². The molecule has 1 aromatic carbocycles. The SMILES string of the molecule is O=C(NC[C@H]1CCCN1S(=O)(=O)c1cccs1)c1cccc(F)c1. The standard InChI is InChI=1S/C16H17FN2O3S2/c17-13-5-1-4-12(10-13)16(20)18-11-14-6-2-8-19(14)24(21,22)15-7-3-9-23-15/h1,3-5,7,9-10,14H,2,6,8,11H2,(H,18,20)/t14-/m1/s1. The van der Waals surface area contributed by atoms with Crippen molar-refractivity contribution in [3.05, 3.63) is 53.2 Å². The fraction of sp³-hybridized carbons (Fsp3) is 0.312. The first-order chi connectivity index (χ1) is 11.5. The van der Waals surface area contributed by atoms with Gasteiger partial charge in [0.2, 0.25) is 0 Å². The summed E-state index contributed by atoms with van der Waals surface area (Å²) in [4.78, 5) is 12.1. The van der Waals surface area contributed by atoms with Crippen LogP contribution in [0.5, 0.6) is 0 Å². The first-order valence-corrected chi connectivity index (χ1v) is 9.89. The summed E-state index contributed by atoms with van der Waals surface area (Å²) < 4.78 is 40.2. The molecule has 0 unspecified atom stereocenters. The first kappa shape index (κ1) is 17.1. The molecule has 8 heteroatoms. The lowest BCUT2D eigenvalue weighted by Gasteiger charge is -2.23. The van der Waals surface area contributed by atoms with Gasteiger partial charge in [0.25, 0.3) is 15.9 Å². The van der Waals surface area contributed by atoms with E-state index in [2.05, 4.69) is 5.32 Å². The number of sulfonamides is 1. The van der Waals surface area contributed by atoms with Crippen molar-refractivity contribution in [3.63, 3.8) is 0 Å². The number of carbonyl (C=O) groups excluding carboxylic acids is 1. The van der Waals surface area contributed by atoms with E-state index >= 15 is 0 Å². The second-order valence-electron chi connectivity index (χ2n) is 5.56. The fourth-order valence-electron chi connectivity index (χ4n) is 2.80. The zero-order valence-corrected chi connectivity index (χ0v) is 14.4. The second kappa shape index (κ2) is 7.00. The topological polar surface area (TPSA) is 66.5 Å². The van der Waals surface area contributed by atoms with Gasteiger partial charge in [-0.05, 0) is 42.5 Å². The Labute approximate surface area is 144 Å². The highest BCUT2D eigenvalue weighted by molar-refractivity contribution is 7.91. The van der Waals surface area contributed by atoms with Crippen molar-refractivity contribution < 1.29 is 17.6 Å². The number of amides is 1. The number of carbonyl (C=O) groups is 1. The molecule has 1 aliphatic heterocycles. The van der Waals surface area contributed by atoms with Gasteiger partial charge in [0.1, 0.15) is 10.0 Å². The highest BCUT2D eigenvalue weighted by atomic mass is 32.2. The van der Waals surface area contributed by atoms with Gasteiger partial charge in [0, 0.05) is 24.7 Å². The summed E-state index contributed by atoms with van der Waals surface area (Å²) in [6, 6.07) is 8.41. The summed E-state index contributed by atoms with van der Waals surface area (Å²) in [6.07, 6.45) is 1.44. The number of thiophene rings is 1. The third-order valence-corrected chi connectivity index (χ3v) is 7.29.